The van der Waals surface area contributed by atoms with Gasteiger partial charge in [0.1, 0.15) is 0 Å². The van der Waals surface area contributed by atoms with Crippen molar-refractivity contribution in [3.63, 3.8) is 0 Å². The van der Waals surface area contributed by atoms with Crippen molar-refractivity contribution < 1.29 is 0 Å². The second-order valence-electron chi connectivity index (χ2n) is 5.84. The van der Waals surface area contributed by atoms with Crippen LogP contribution in [0.15, 0.2) is 0 Å². The molecule has 3 unspecified atom stereocenters. The molecule has 1 aliphatic carbocycles. The molecule has 0 amide bonds. The van der Waals surface area contributed by atoms with Gasteiger partial charge < -0.3 is 10.2 Å². The third-order valence-corrected chi connectivity index (χ3v) is 4.45. The van der Waals surface area contributed by atoms with Gasteiger partial charge in [-0.2, -0.15) is 0 Å². The lowest BCUT2D eigenvalue weighted by molar-refractivity contribution is 0.277. The minimum Gasteiger partial charge on any atom is -0.314 e. The Bertz CT molecular complexity index is 205. The van der Waals surface area contributed by atoms with Crippen LogP contribution in [0.4, 0.5) is 0 Å². The monoisotopic (exact) mass is 224 g/mol. The van der Waals surface area contributed by atoms with E-state index in [0.717, 1.165) is 24.4 Å². The molecule has 2 heteroatoms. The molecule has 1 heterocycles. The Kier molecular flexibility index (Phi) is 4.66. The lowest BCUT2D eigenvalue weighted by atomic mass is 9.99. The highest BCUT2D eigenvalue weighted by atomic mass is 15.1. The first-order valence-corrected chi connectivity index (χ1v) is 7.25. The van der Waals surface area contributed by atoms with Crippen LogP contribution >= 0.6 is 0 Å². The largest absolute Gasteiger partial charge is 0.314 e. The quantitative estimate of drug-likeness (QED) is 0.772. The van der Waals surface area contributed by atoms with Crippen LogP contribution in [0.1, 0.15) is 46.0 Å². The zero-order chi connectivity index (χ0) is 11.4. The van der Waals surface area contributed by atoms with Gasteiger partial charge in [0.2, 0.25) is 0 Å². The van der Waals surface area contributed by atoms with Gasteiger partial charge in [0, 0.05) is 12.6 Å². The van der Waals surface area contributed by atoms with E-state index < -0.39 is 0 Å². The van der Waals surface area contributed by atoms with Crippen molar-refractivity contribution in [3.05, 3.63) is 0 Å². The Morgan fingerprint density at radius 3 is 2.81 bits per heavy atom. The fourth-order valence-electron chi connectivity index (χ4n) is 3.49. The van der Waals surface area contributed by atoms with E-state index in [-0.39, 0.29) is 0 Å². The topological polar surface area (TPSA) is 15.3 Å². The minimum atomic E-state index is 0.824. The summed E-state index contributed by atoms with van der Waals surface area (Å²) in [5.41, 5.74) is 0. The third-order valence-electron chi connectivity index (χ3n) is 4.45. The molecular formula is C14H28N2. The Balaban J connectivity index is 1.68. The number of nitrogens with one attached hydrogen (secondary N) is 1. The van der Waals surface area contributed by atoms with Crippen LogP contribution < -0.4 is 5.32 Å². The first kappa shape index (κ1) is 12.4. The molecule has 2 aliphatic rings. The molecule has 1 aliphatic heterocycles. The first-order valence-electron chi connectivity index (χ1n) is 7.25. The first-order chi connectivity index (χ1) is 7.79. The Labute approximate surface area is 101 Å². The lowest BCUT2D eigenvalue weighted by Gasteiger charge is -2.23. The van der Waals surface area contributed by atoms with E-state index >= 15 is 0 Å². The number of hydrogen-bond donors (Lipinski definition) is 1. The summed E-state index contributed by atoms with van der Waals surface area (Å²) in [7, 11) is 0. The molecule has 0 aromatic rings. The highest BCUT2D eigenvalue weighted by molar-refractivity contribution is 4.84. The Morgan fingerprint density at radius 2 is 2.12 bits per heavy atom. The van der Waals surface area contributed by atoms with Gasteiger partial charge >= 0.3 is 0 Å². The summed E-state index contributed by atoms with van der Waals surface area (Å²) in [6.45, 7) is 9.80. The summed E-state index contributed by atoms with van der Waals surface area (Å²) in [6, 6.07) is 0.824. The van der Waals surface area contributed by atoms with Crippen molar-refractivity contribution in [2.24, 2.45) is 11.8 Å². The van der Waals surface area contributed by atoms with Crippen molar-refractivity contribution in [2.75, 3.05) is 26.2 Å². The average Bonchev–Trinajstić information content (AvgIpc) is 2.85. The molecule has 3 atom stereocenters. The molecule has 0 spiro atoms. The van der Waals surface area contributed by atoms with E-state index in [1.165, 1.54) is 51.7 Å². The molecule has 2 rings (SSSR count). The predicted octanol–water partition coefficient (Wildman–Crippen LogP) is 2.50. The van der Waals surface area contributed by atoms with E-state index in [1.807, 2.05) is 0 Å². The number of hydrogen-bond acceptors (Lipinski definition) is 2. The smallest absolute Gasteiger partial charge is 0.00956 e. The van der Waals surface area contributed by atoms with Gasteiger partial charge in [-0.3, -0.25) is 0 Å². The average molecular weight is 224 g/mol. The predicted molar refractivity (Wildman–Crippen MR) is 69.6 cm³/mol. The zero-order valence-electron chi connectivity index (χ0n) is 11.0. The molecule has 94 valence electrons. The summed E-state index contributed by atoms with van der Waals surface area (Å²) in [6.07, 6.45) is 7.15. The highest BCUT2D eigenvalue weighted by Gasteiger charge is 2.27. The van der Waals surface area contributed by atoms with E-state index in [9.17, 15) is 0 Å². The maximum absolute atomic E-state index is 3.66. The number of rotatable bonds is 5. The molecule has 1 N–H and O–H groups in total. The third kappa shape index (κ3) is 3.21. The van der Waals surface area contributed by atoms with Gasteiger partial charge in [-0.15, -0.1) is 0 Å². The van der Waals surface area contributed by atoms with Crippen LogP contribution in [-0.4, -0.2) is 37.1 Å². The number of likely N-dealkylation sites (tertiary alicyclic amines) is 1. The SMILES string of the molecule is CCNC1CCCC1CCN1CCC(C)C1. The van der Waals surface area contributed by atoms with Crippen molar-refractivity contribution in [1.29, 1.82) is 0 Å². The van der Waals surface area contributed by atoms with Gasteiger partial charge in [0.05, 0.1) is 0 Å². The van der Waals surface area contributed by atoms with Crippen LogP contribution in [0.5, 0.6) is 0 Å². The highest BCUT2D eigenvalue weighted by Crippen LogP contribution is 2.29. The zero-order valence-corrected chi connectivity index (χ0v) is 11.0. The van der Waals surface area contributed by atoms with Gasteiger partial charge in [0.15, 0.2) is 0 Å². The second kappa shape index (κ2) is 6.02. The van der Waals surface area contributed by atoms with Crippen LogP contribution in [0, 0.1) is 11.8 Å². The fraction of sp³-hybridized carbons (Fsp3) is 1.00. The van der Waals surface area contributed by atoms with Crippen LogP contribution in [-0.2, 0) is 0 Å². The molecule has 0 aromatic carbocycles. The second-order valence-corrected chi connectivity index (χ2v) is 5.84. The van der Waals surface area contributed by atoms with Crippen molar-refractivity contribution in [2.45, 2.75) is 52.0 Å². The van der Waals surface area contributed by atoms with Crippen molar-refractivity contribution >= 4 is 0 Å². The Morgan fingerprint density at radius 1 is 1.25 bits per heavy atom. The molecule has 0 aromatic heterocycles. The summed E-state index contributed by atoms with van der Waals surface area (Å²) in [5.74, 6) is 1.89. The van der Waals surface area contributed by atoms with Gasteiger partial charge in [-0.05, 0) is 57.2 Å². The van der Waals surface area contributed by atoms with Crippen LogP contribution in [0.2, 0.25) is 0 Å². The molecular weight excluding hydrogens is 196 g/mol. The van der Waals surface area contributed by atoms with Gasteiger partial charge in [-0.25, -0.2) is 0 Å². The standard InChI is InChI=1S/C14H28N2/c1-3-15-14-6-4-5-13(14)8-10-16-9-7-12(2)11-16/h12-15H,3-11H2,1-2H3. The molecule has 2 nitrogen and oxygen atoms in total. The lowest BCUT2D eigenvalue weighted by Crippen LogP contribution is -2.34. The molecule has 1 saturated heterocycles. The van der Waals surface area contributed by atoms with E-state index in [2.05, 4.69) is 24.1 Å². The van der Waals surface area contributed by atoms with Crippen LogP contribution in [0.25, 0.3) is 0 Å². The summed E-state index contributed by atoms with van der Waals surface area (Å²) in [4.78, 5) is 2.67. The fourth-order valence-corrected chi connectivity index (χ4v) is 3.49. The molecule has 0 radical (unpaired) electrons. The molecule has 0 bridgehead atoms. The Hall–Kier alpha value is -0.0800. The molecule has 2 fully saturated rings. The summed E-state index contributed by atoms with van der Waals surface area (Å²) in [5, 5.41) is 3.66. The molecule has 16 heavy (non-hydrogen) atoms. The normalized spacial score (nSPS) is 36.0. The summed E-state index contributed by atoms with van der Waals surface area (Å²) < 4.78 is 0. The minimum absolute atomic E-state index is 0.824. The van der Waals surface area contributed by atoms with Crippen molar-refractivity contribution in [3.8, 4) is 0 Å². The van der Waals surface area contributed by atoms with E-state index in [1.54, 1.807) is 0 Å². The van der Waals surface area contributed by atoms with Gasteiger partial charge in [0.25, 0.3) is 0 Å². The van der Waals surface area contributed by atoms with Crippen molar-refractivity contribution in [1.82, 2.24) is 10.2 Å². The maximum Gasteiger partial charge on any atom is 0.00956 e. The van der Waals surface area contributed by atoms with Gasteiger partial charge in [-0.1, -0.05) is 20.3 Å². The summed E-state index contributed by atoms with van der Waals surface area (Å²) >= 11 is 0. The number of nitrogens with zero attached hydrogens (tertiary/aromatic N) is 1. The van der Waals surface area contributed by atoms with E-state index in [0.29, 0.717) is 0 Å². The maximum atomic E-state index is 3.66. The van der Waals surface area contributed by atoms with E-state index in [4.69, 9.17) is 0 Å². The van der Waals surface area contributed by atoms with Crippen LogP contribution in [0.3, 0.4) is 0 Å². The molecule has 1 saturated carbocycles.